The Morgan fingerprint density at radius 3 is 2.46 bits per heavy atom. The zero-order valence-corrected chi connectivity index (χ0v) is 15.6. The number of ketones is 1. The Bertz CT molecular complexity index is 962. The number of hydrazone groups is 1. The summed E-state index contributed by atoms with van der Waals surface area (Å²) in [6.07, 6.45) is 0.106. The van der Waals surface area contributed by atoms with E-state index in [4.69, 9.17) is 11.6 Å². The highest BCUT2D eigenvalue weighted by Crippen LogP contribution is 2.25. The molecule has 0 aliphatic carbocycles. The van der Waals surface area contributed by atoms with Gasteiger partial charge in [-0.2, -0.15) is 5.10 Å². The molecule has 3 N–H and O–H groups in total. The fourth-order valence-corrected chi connectivity index (χ4v) is 2.90. The Hall–Kier alpha value is -3.39. The molecule has 2 aromatic carbocycles. The summed E-state index contributed by atoms with van der Waals surface area (Å²) in [5, 5.41) is 15.7. The molecular weight excluding hydrogens is 384 g/mol. The van der Waals surface area contributed by atoms with E-state index in [0.29, 0.717) is 5.69 Å². The van der Waals surface area contributed by atoms with E-state index in [2.05, 4.69) is 16.0 Å². The Morgan fingerprint density at radius 1 is 1.11 bits per heavy atom. The second-order valence-corrected chi connectivity index (χ2v) is 6.56. The SMILES string of the molecule is CC(=O)C1CC(C(=O)NNC(=O)c2cc(Cl)ccc2O)=NN1c1ccccc1. The highest BCUT2D eigenvalue weighted by atomic mass is 35.5. The Morgan fingerprint density at radius 2 is 1.79 bits per heavy atom. The molecule has 1 atom stereocenters. The number of halogens is 1. The molecule has 3 rings (SSSR count). The number of phenolic OH excluding ortho intramolecular Hbond substituents is 1. The van der Waals surface area contributed by atoms with Gasteiger partial charge in [0.05, 0.1) is 11.3 Å². The number of hydrogen-bond acceptors (Lipinski definition) is 6. The molecule has 8 nitrogen and oxygen atoms in total. The maximum Gasteiger partial charge on any atom is 0.285 e. The van der Waals surface area contributed by atoms with Gasteiger partial charge < -0.3 is 5.11 Å². The molecule has 1 unspecified atom stereocenters. The van der Waals surface area contributed by atoms with E-state index >= 15 is 0 Å². The molecule has 0 saturated carbocycles. The fourth-order valence-electron chi connectivity index (χ4n) is 2.73. The first-order valence-corrected chi connectivity index (χ1v) is 8.76. The van der Waals surface area contributed by atoms with Crippen LogP contribution in [0.1, 0.15) is 23.7 Å². The number of Topliss-reactive ketones (excluding diaryl/α,β-unsaturated/α-hetero) is 1. The lowest BCUT2D eigenvalue weighted by atomic mass is 10.1. The molecule has 1 heterocycles. The van der Waals surface area contributed by atoms with E-state index < -0.39 is 17.9 Å². The number of anilines is 1. The molecule has 0 saturated heterocycles. The quantitative estimate of drug-likeness (QED) is 0.680. The van der Waals surface area contributed by atoms with Gasteiger partial charge in [-0.25, -0.2) is 0 Å². The highest BCUT2D eigenvalue weighted by molar-refractivity contribution is 6.40. The van der Waals surface area contributed by atoms with Crippen molar-refractivity contribution in [3.05, 3.63) is 59.1 Å². The van der Waals surface area contributed by atoms with Gasteiger partial charge in [-0.15, -0.1) is 0 Å². The summed E-state index contributed by atoms with van der Waals surface area (Å²) in [5.41, 5.74) is 5.13. The molecule has 2 aromatic rings. The molecule has 144 valence electrons. The number of carbonyl (C=O) groups excluding carboxylic acids is 3. The zero-order valence-electron chi connectivity index (χ0n) is 14.8. The zero-order chi connectivity index (χ0) is 20.3. The number of amides is 2. The van der Waals surface area contributed by atoms with Gasteiger partial charge in [0.1, 0.15) is 17.5 Å². The summed E-state index contributed by atoms with van der Waals surface area (Å²) >= 11 is 5.81. The maximum absolute atomic E-state index is 12.4. The molecule has 0 spiro atoms. The van der Waals surface area contributed by atoms with E-state index in [1.54, 1.807) is 24.3 Å². The third kappa shape index (κ3) is 4.12. The lowest BCUT2D eigenvalue weighted by Crippen LogP contribution is -2.45. The first-order valence-electron chi connectivity index (χ1n) is 8.38. The van der Waals surface area contributed by atoms with Crippen molar-refractivity contribution < 1.29 is 19.5 Å². The van der Waals surface area contributed by atoms with Crippen LogP contribution in [0.4, 0.5) is 5.69 Å². The third-order valence-corrected chi connectivity index (χ3v) is 4.39. The monoisotopic (exact) mass is 400 g/mol. The van der Waals surface area contributed by atoms with Crippen LogP contribution in [-0.2, 0) is 9.59 Å². The molecular formula is C19H17ClN4O4. The summed E-state index contributed by atoms with van der Waals surface area (Å²) in [4.78, 5) is 36.5. The molecule has 0 fully saturated rings. The number of nitrogens with one attached hydrogen (secondary N) is 2. The smallest absolute Gasteiger partial charge is 0.285 e. The predicted molar refractivity (Wildman–Crippen MR) is 104 cm³/mol. The highest BCUT2D eigenvalue weighted by Gasteiger charge is 2.34. The summed E-state index contributed by atoms with van der Waals surface area (Å²) in [6, 6.07) is 12.4. The first-order chi connectivity index (χ1) is 13.4. The first kappa shape index (κ1) is 19.4. The molecule has 9 heteroatoms. The minimum Gasteiger partial charge on any atom is -0.507 e. The van der Waals surface area contributed by atoms with Crippen molar-refractivity contribution in [2.75, 3.05) is 5.01 Å². The van der Waals surface area contributed by atoms with Crippen LogP contribution >= 0.6 is 11.6 Å². The minimum atomic E-state index is -0.741. The summed E-state index contributed by atoms with van der Waals surface area (Å²) in [6.45, 7) is 1.43. The van der Waals surface area contributed by atoms with Crippen LogP contribution < -0.4 is 15.9 Å². The van der Waals surface area contributed by atoms with Crippen LogP contribution in [0.5, 0.6) is 5.75 Å². The van der Waals surface area contributed by atoms with Crippen molar-refractivity contribution in [1.29, 1.82) is 0 Å². The topological polar surface area (TPSA) is 111 Å². The number of carbonyl (C=O) groups is 3. The number of nitrogens with zero attached hydrogens (tertiary/aromatic N) is 2. The van der Waals surface area contributed by atoms with Crippen LogP contribution in [0, 0.1) is 0 Å². The van der Waals surface area contributed by atoms with Crippen LogP contribution in [-0.4, -0.2) is 34.5 Å². The number of benzene rings is 2. The average Bonchev–Trinajstić information content (AvgIpc) is 3.14. The number of para-hydroxylation sites is 1. The summed E-state index contributed by atoms with van der Waals surface area (Å²) in [5.74, 6) is -1.81. The Kier molecular flexibility index (Phi) is 5.60. The molecule has 28 heavy (non-hydrogen) atoms. The van der Waals surface area contributed by atoms with Gasteiger partial charge in [-0.3, -0.25) is 30.2 Å². The van der Waals surface area contributed by atoms with Gasteiger partial charge in [0.25, 0.3) is 11.8 Å². The lowest BCUT2D eigenvalue weighted by molar-refractivity contribution is -0.118. The van der Waals surface area contributed by atoms with Gasteiger partial charge in [-0.1, -0.05) is 29.8 Å². The number of rotatable bonds is 4. The fraction of sp³-hybridized carbons (Fsp3) is 0.158. The van der Waals surface area contributed by atoms with Crippen LogP contribution in [0.3, 0.4) is 0 Å². The van der Waals surface area contributed by atoms with Gasteiger partial charge in [-0.05, 0) is 37.3 Å². The van der Waals surface area contributed by atoms with Gasteiger partial charge in [0, 0.05) is 11.4 Å². The van der Waals surface area contributed by atoms with E-state index in [1.807, 2.05) is 6.07 Å². The van der Waals surface area contributed by atoms with E-state index in [1.165, 1.54) is 30.1 Å². The van der Waals surface area contributed by atoms with E-state index in [0.717, 1.165) is 0 Å². The molecule has 2 amide bonds. The van der Waals surface area contributed by atoms with Crippen molar-refractivity contribution in [1.82, 2.24) is 10.9 Å². The van der Waals surface area contributed by atoms with Gasteiger partial charge in [0.15, 0.2) is 5.78 Å². The predicted octanol–water partition coefficient (Wildman–Crippen LogP) is 2.03. The summed E-state index contributed by atoms with van der Waals surface area (Å²) < 4.78 is 0. The number of hydrazine groups is 1. The minimum absolute atomic E-state index is 0.0892. The number of hydrogen-bond donors (Lipinski definition) is 3. The number of phenols is 1. The van der Waals surface area contributed by atoms with Crippen LogP contribution in [0.2, 0.25) is 5.02 Å². The van der Waals surface area contributed by atoms with Crippen molar-refractivity contribution in [3.8, 4) is 5.75 Å². The second-order valence-electron chi connectivity index (χ2n) is 6.13. The van der Waals surface area contributed by atoms with Crippen LogP contribution in [0.15, 0.2) is 53.6 Å². The number of aromatic hydroxyl groups is 1. The van der Waals surface area contributed by atoms with Crippen LogP contribution in [0.25, 0.3) is 0 Å². The second kappa shape index (κ2) is 8.10. The lowest BCUT2D eigenvalue weighted by Gasteiger charge is -2.20. The van der Waals surface area contributed by atoms with Crippen molar-refractivity contribution in [2.45, 2.75) is 19.4 Å². The van der Waals surface area contributed by atoms with E-state index in [-0.39, 0.29) is 34.3 Å². The molecule has 0 bridgehead atoms. The van der Waals surface area contributed by atoms with E-state index in [9.17, 15) is 19.5 Å². The third-order valence-electron chi connectivity index (χ3n) is 4.16. The standard InChI is InChI=1S/C19H17ClN4O4/c1-11(25)16-10-15(23-24(16)13-5-3-2-4-6-13)19(28)22-21-18(27)14-9-12(20)7-8-17(14)26/h2-9,16,26H,10H2,1H3,(H,21,27)(H,22,28). The normalized spacial score (nSPS) is 15.7. The summed E-state index contributed by atoms with van der Waals surface area (Å²) in [7, 11) is 0. The van der Waals surface area contributed by atoms with Crippen molar-refractivity contribution in [3.63, 3.8) is 0 Å². The Labute approximate surface area is 165 Å². The molecule has 1 aliphatic rings. The molecule has 1 aliphatic heterocycles. The van der Waals surface area contributed by atoms with Crippen molar-refractivity contribution in [2.24, 2.45) is 5.10 Å². The largest absolute Gasteiger partial charge is 0.507 e. The molecule has 0 radical (unpaired) electrons. The average molecular weight is 401 g/mol. The van der Waals surface area contributed by atoms with Crippen molar-refractivity contribution >= 4 is 40.6 Å². The van der Waals surface area contributed by atoms with Gasteiger partial charge >= 0.3 is 0 Å². The maximum atomic E-state index is 12.4. The van der Waals surface area contributed by atoms with Gasteiger partial charge in [0.2, 0.25) is 0 Å². The molecule has 0 aromatic heterocycles. The Balaban J connectivity index is 1.71.